The predicted molar refractivity (Wildman–Crippen MR) is 119 cm³/mol. The number of amides is 1. The van der Waals surface area contributed by atoms with E-state index in [1.165, 1.54) is 23.1 Å². The molecular weight excluding hydrogens is 452 g/mol. The van der Waals surface area contributed by atoms with E-state index in [2.05, 4.69) is 48.1 Å². The minimum Gasteiger partial charge on any atom is -0.300 e. The molecule has 29 heavy (non-hydrogen) atoms. The van der Waals surface area contributed by atoms with E-state index in [4.69, 9.17) is 11.6 Å². The molecule has 0 saturated carbocycles. The number of anilines is 2. The van der Waals surface area contributed by atoms with Crippen molar-refractivity contribution in [1.82, 2.24) is 25.4 Å². The number of benzene rings is 1. The Bertz CT molecular complexity index is 959. The zero-order valence-electron chi connectivity index (χ0n) is 15.3. The summed E-state index contributed by atoms with van der Waals surface area (Å²) in [5, 5.41) is 23.1. The fourth-order valence-corrected chi connectivity index (χ4v) is 4.29. The van der Waals surface area contributed by atoms with Crippen molar-refractivity contribution < 1.29 is 4.79 Å². The van der Waals surface area contributed by atoms with E-state index in [1.54, 1.807) is 30.1 Å². The Labute approximate surface area is 184 Å². The van der Waals surface area contributed by atoms with Gasteiger partial charge in [0.25, 0.3) is 0 Å². The van der Waals surface area contributed by atoms with Crippen molar-refractivity contribution in [3.8, 4) is 0 Å². The van der Waals surface area contributed by atoms with Gasteiger partial charge in [-0.05, 0) is 24.1 Å². The Balaban J connectivity index is 1.42. The number of carbonyl (C=O) groups excluding carboxylic acids is 1. The molecule has 1 aromatic carbocycles. The predicted octanol–water partition coefficient (Wildman–Crippen LogP) is 3.99. The van der Waals surface area contributed by atoms with Gasteiger partial charge in [0.05, 0.1) is 12.0 Å². The van der Waals surface area contributed by atoms with Gasteiger partial charge in [0.1, 0.15) is 0 Å². The lowest BCUT2D eigenvalue weighted by Crippen LogP contribution is -2.13. The summed E-state index contributed by atoms with van der Waals surface area (Å²) in [5.74, 6) is 1.31. The lowest BCUT2D eigenvalue weighted by atomic mass is 10.2. The van der Waals surface area contributed by atoms with Crippen LogP contribution in [-0.2, 0) is 4.79 Å². The van der Waals surface area contributed by atoms with Gasteiger partial charge < -0.3 is 0 Å². The number of nitrogens with one attached hydrogen (secondary N) is 3. The highest BCUT2D eigenvalue weighted by Crippen LogP contribution is 2.26. The van der Waals surface area contributed by atoms with E-state index in [9.17, 15) is 4.79 Å². The molecule has 3 aromatic rings. The molecule has 0 radical (unpaired) electrons. The second kappa shape index (κ2) is 11.1. The SMILES string of the molecule is CCCSc1nnc(NC(=O)CSc2n[nH]c(N/N=C/c3ccc(Cl)cc3)n2)s1. The highest BCUT2D eigenvalue weighted by molar-refractivity contribution is 8.01. The van der Waals surface area contributed by atoms with Crippen molar-refractivity contribution in [2.24, 2.45) is 5.10 Å². The maximum atomic E-state index is 12.1. The Morgan fingerprint density at radius 1 is 1.31 bits per heavy atom. The second-order valence-electron chi connectivity index (χ2n) is 5.45. The van der Waals surface area contributed by atoms with Crippen molar-refractivity contribution in [3.63, 3.8) is 0 Å². The van der Waals surface area contributed by atoms with Gasteiger partial charge in [-0.1, -0.05) is 65.5 Å². The fourth-order valence-electron chi connectivity index (χ4n) is 1.87. The molecule has 0 saturated heterocycles. The summed E-state index contributed by atoms with van der Waals surface area (Å²) in [4.78, 5) is 16.3. The number of nitrogens with zero attached hydrogens (tertiary/aromatic N) is 5. The van der Waals surface area contributed by atoms with Crippen LogP contribution in [-0.4, -0.2) is 49.0 Å². The Morgan fingerprint density at radius 3 is 2.93 bits per heavy atom. The molecule has 0 aliphatic rings. The average Bonchev–Trinajstić information content (AvgIpc) is 3.36. The van der Waals surface area contributed by atoms with Crippen molar-refractivity contribution in [2.75, 3.05) is 22.2 Å². The summed E-state index contributed by atoms with van der Waals surface area (Å²) in [6.45, 7) is 2.10. The van der Waals surface area contributed by atoms with E-state index in [-0.39, 0.29) is 11.7 Å². The number of aromatic nitrogens is 5. The topological polar surface area (TPSA) is 121 Å². The lowest BCUT2D eigenvalue weighted by Gasteiger charge is -1.98. The smallest absolute Gasteiger partial charge is 0.240 e. The quantitative estimate of drug-likeness (QED) is 0.177. The normalized spacial score (nSPS) is 11.1. The first-order valence-corrected chi connectivity index (χ1v) is 11.6. The highest BCUT2D eigenvalue weighted by atomic mass is 35.5. The van der Waals surface area contributed by atoms with Crippen LogP contribution in [0.3, 0.4) is 0 Å². The minimum absolute atomic E-state index is 0.155. The van der Waals surface area contributed by atoms with Gasteiger partial charge in [0.15, 0.2) is 4.34 Å². The van der Waals surface area contributed by atoms with Crippen molar-refractivity contribution >= 4 is 69.7 Å². The molecule has 0 bridgehead atoms. The third-order valence-corrected chi connectivity index (χ3v) is 6.41. The maximum Gasteiger partial charge on any atom is 0.240 e. The molecule has 0 atom stereocenters. The monoisotopic (exact) mass is 468 g/mol. The van der Waals surface area contributed by atoms with Crippen LogP contribution in [0.1, 0.15) is 18.9 Å². The van der Waals surface area contributed by atoms with Crippen LogP contribution in [0.2, 0.25) is 5.02 Å². The Hall–Kier alpha value is -2.15. The third-order valence-electron chi connectivity index (χ3n) is 3.13. The number of aromatic amines is 1. The van der Waals surface area contributed by atoms with Gasteiger partial charge in [0, 0.05) is 10.8 Å². The first kappa shape index (κ1) is 21.6. The molecular formula is C16H17ClN8OS3. The molecule has 0 unspecified atom stereocenters. The largest absolute Gasteiger partial charge is 0.300 e. The fraction of sp³-hybridized carbons (Fsp3) is 0.250. The Kier molecular flexibility index (Phi) is 8.28. The lowest BCUT2D eigenvalue weighted by molar-refractivity contribution is -0.113. The van der Waals surface area contributed by atoms with E-state index in [0.29, 0.717) is 21.3 Å². The van der Waals surface area contributed by atoms with E-state index < -0.39 is 0 Å². The molecule has 3 N–H and O–H groups in total. The number of carbonyl (C=O) groups is 1. The molecule has 152 valence electrons. The van der Waals surface area contributed by atoms with Gasteiger partial charge in [-0.3, -0.25) is 10.1 Å². The van der Waals surface area contributed by atoms with E-state index in [0.717, 1.165) is 22.1 Å². The molecule has 2 aromatic heterocycles. The molecule has 3 rings (SSSR count). The molecule has 2 heterocycles. The number of hydrazone groups is 1. The number of hydrogen-bond acceptors (Lipinski definition) is 10. The highest BCUT2D eigenvalue weighted by Gasteiger charge is 2.11. The molecule has 0 fully saturated rings. The zero-order chi connectivity index (χ0) is 20.5. The van der Waals surface area contributed by atoms with Crippen molar-refractivity contribution in [2.45, 2.75) is 22.8 Å². The van der Waals surface area contributed by atoms with Crippen LogP contribution in [0.25, 0.3) is 0 Å². The molecule has 0 spiro atoms. The molecule has 0 aliphatic heterocycles. The van der Waals surface area contributed by atoms with Gasteiger partial charge in [-0.2, -0.15) is 10.1 Å². The van der Waals surface area contributed by atoms with E-state index >= 15 is 0 Å². The summed E-state index contributed by atoms with van der Waals surface area (Å²) in [6, 6.07) is 7.25. The summed E-state index contributed by atoms with van der Waals surface area (Å²) in [6.07, 6.45) is 2.69. The third kappa shape index (κ3) is 7.31. The summed E-state index contributed by atoms with van der Waals surface area (Å²) in [5.41, 5.74) is 3.64. The van der Waals surface area contributed by atoms with Gasteiger partial charge in [-0.25, -0.2) is 10.5 Å². The number of hydrogen-bond donors (Lipinski definition) is 3. The number of rotatable bonds is 10. The van der Waals surface area contributed by atoms with Crippen LogP contribution in [0.4, 0.5) is 11.1 Å². The van der Waals surface area contributed by atoms with Crippen LogP contribution >= 0.6 is 46.5 Å². The second-order valence-corrected chi connectivity index (χ2v) is 9.15. The van der Waals surface area contributed by atoms with Crippen molar-refractivity contribution in [1.29, 1.82) is 0 Å². The first-order valence-electron chi connectivity index (χ1n) is 8.48. The van der Waals surface area contributed by atoms with Crippen LogP contribution in [0.15, 0.2) is 38.9 Å². The zero-order valence-corrected chi connectivity index (χ0v) is 18.5. The standard InChI is InChI=1S/C16H17ClN8OS3/c1-2-7-27-16-25-24-15(29-16)19-12(26)9-28-14-20-13(22-23-14)21-18-8-10-3-5-11(17)6-4-10/h3-6,8H,2,7,9H2,1H3,(H,19,24,26)(H2,20,21,22,23)/b18-8+. The van der Waals surface area contributed by atoms with E-state index in [1.807, 2.05) is 12.1 Å². The van der Waals surface area contributed by atoms with Crippen LogP contribution < -0.4 is 10.7 Å². The summed E-state index contributed by atoms with van der Waals surface area (Å²) >= 11 is 10.0. The van der Waals surface area contributed by atoms with Gasteiger partial charge >= 0.3 is 0 Å². The maximum absolute atomic E-state index is 12.1. The van der Waals surface area contributed by atoms with Crippen LogP contribution in [0, 0.1) is 0 Å². The van der Waals surface area contributed by atoms with Crippen LogP contribution in [0.5, 0.6) is 0 Å². The summed E-state index contributed by atoms with van der Waals surface area (Å²) < 4.78 is 0.846. The molecule has 13 heteroatoms. The Morgan fingerprint density at radius 2 is 2.14 bits per heavy atom. The number of H-pyrrole nitrogens is 1. The number of halogens is 1. The van der Waals surface area contributed by atoms with Crippen molar-refractivity contribution in [3.05, 3.63) is 34.9 Å². The van der Waals surface area contributed by atoms with Gasteiger partial charge in [0.2, 0.25) is 22.1 Å². The molecule has 0 aliphatic carbocycles. The number of thioether (sulfide) groups is 2. The summed E-state index contributed by atoms with van der Waals surface area (Å²) in [7, 11) is 0. The molecule has 1 amide bonds. The minimum atomic E-state index is -0.196. The average molecular weight is 469 g/mol. The molecule has 9 nitrogen and oxygen atoms in total. The first-order chi connectivity index (χ1) is 14.1. The van der Waals surface area contributed by atoms with Gasteiger partial charge in [-0.15, -0.1) is 15.3 Å².